The van der Waals surface area contributed by atoms with Crippen LogP contribution in [0.15, 0.2) is 60.7 Å². The van der Waals surface area contributed by atoms with Crippen LogP contribution in [0.25, 0.3) is 0 Å². The van der Waals surface area contributed by atoms with E-state index >= 15 is 0 Å². The van der Waals surface area contributed by atoms with Crippen LogP contribution in [0.4, 0.5) is 0 Å². The van der Waals surface area contributed by atoms with Crippen LogP contribution in [0, 0.1) is 0 Å². The van der Waals surface area contributed by atoms with E-state index < -0.39 is 6.29 Å². The summed E-state index contributed by atoms with van der Waals surface area (Å²) < 4.78 is 29.3. The van der Waals surface area contributed by atoms with Crippen molar-refractivity contribution in [3.8, 4) is 0 Å². The predicted molar refractivity (Wildman–Crippen MR) is 102 cm³/mol. The molecular formula is C22H28O5. The largest absolute Gasteiger partial charge is 0.382 e. The molecule has 0 N–H and O–H groups in total. The van der Waals surface area contributed by atoms with Crippen LogP contribution in [0.2, 0.25) is 0 Å². The summed E-state index contributed by atoms with van der Waals surface area (Å²) in [5.74, 6) is 0. The molecule has 1 heterocycles. The number of rotatable bonds is 9. The molecule has 0 radical (unpaired) electrons. The molecule has 1 aliphatic rings. The third kappa shape index (κ3) is 5.86. The van der Waals surface area contributed by atoms with E-state index in [9.17, 15) is 0 Å². The van der Waals surface area contributed by atoms with Crippen LogP contribution in [-0.4, -0.2) is 45.4 Å². The number of benzene rings is 2. The third-order valence-corrected chi connectivity index (χ3v) is 4.63. The van der Waals surface area contributed by atoms with E-state index in [2.05, 4.69) is 12.1 Å². The summed E-state index contributed by atoms with van der Waals surface area (Å²) in [5, 5.41) is 0. The zero-order valence-corrected chi connectivity index (χ0v) is 16.0. The molecule has 2 aromatic rings. The molecule has 3 unspecified atom stereocenters. The Balaban J connectivity index is 1.68. The van der Waals surface area contributed by atoms with Crippen LogP contribution in [0.1, 0.15) is 17.5 Å². The Kier molecular flexibility index (Phi) is 7.80. The van der Waals surface area contributed by atoms with Gasteiger partial charge in [0.05, 0.1) is 32.0 Å². The molecule has 0 bridgehead atoms. The monoisotopic (exact) mass is 372 g/mol. The number of methoxy groups -OCH3 is 2. The highest BCUT2D eigenvalue weighted by Crippen LogP contribution is 2.27. The first-order valence-corrected chi connectivity index (χ1v) is 9.28. The van der Waals surface area contributed by atoms with Crippen molar-refractivity contribution in [2.45, 2.75) is 44.2 Å². The minimum Gasteiger partial charge on any atom is -0.382 e. The van der Waals surface area contributed by atoms with E-state index in [1.54, 1.807) is 14.2 Å². The lowest BCUT2D eigenvalue weighted by atomic mass is 10.0. The number of ether oxygens (including phenoxy) is 5. The van der Waals surface area contributed by atoms with Crippen molar-refractivity contribution >= 4 is 0 Å². The van der Waals surface area contributed by atoms with Crippen molar-refractivity contribution < 1.29 is 23.7 Å². The van der Waals surface area contributed by atoms with Gasteiger partial charge >= 0.3 is 0 Å². The van der Waals surface area contributed by atoms with E-state index in [0.717, 1.165) is 11.1 Å². The Bertz CT molecular complexity index is 648. The van der Waals surface area contributed by atoms with Gasteiger partial charge in [-0.25, -0.2) is 0 Å². The molecule has 146 valence electrons. The molecular weight excluding hydrogens is 344 g/mol. The molecule has 4 atom stereocenters. The predicted octanol–water partition coefficient (Wildman–Crippen LogP) is 3.57. The van der Waals surface area contributed by atoms with Gasteiger partial charge in [0.1, 0.15) is 6.10 Å². The van der Waals surface area contributed by atoms with Gasteiger partial charge in [-0.3, -0.25) is 0 Å². The van der Waals surface area contributed by atoms with Crippen molar-refractivity contribution in [2.75, 3.05) is 20.8 Å². The average Bonchev–Trinajstić information content (AvgIpc) is 2.72. The lowest BCUT2D eigenvalue weighted by Crippen LogP contribution is -2.52. The topological polar surface area (TPSA) is 46.2 Å². The Hall–Kier alpha value is -1.76. The van der Waals surface area contributed by atoms with Gasteiger partial charge in [-0.2, -0.15) is 0 Å². The molecule has 0 spiro atoms. The Labute approximate surface area is 161 Å². The fourth-order valence-electron chi connectivity index (χ4n) is 3.27. The summed E-state index contributed by atoms with van der Waals surface area (Å²) >= 11 is 0. The van der Waals surface area contributed by atoms with Crippen molar-refractivity contribution in [3.05, 3.63) is 71.8 Å². The van der Waals surface area contributed by atoms with Gasteiger partial charge in [0, 0.05) is 20.6 Å². The summed E-state index contributed by atoms with van der Waals surface area (Å²) in [6.07, 6.45) is -0.347. The molecule has 1 fully saturated rings. The van der Waals surface area contributed by atoms with Crippen LogP contribution >= 0.6 is 0 Å². The van der Waals surface area contributed by atoms with Crippen molar-refractivity contribution in [1.82, 2.24) is 0 Å². The second-order valence-corrected chi connectivity index (χ2v) is 6.65. The second kappa shape index (κ2) is 10.5. The Morgan fingerprint density at radius 2 is 1.44 bits per heavy atom. The van der Waals surface area contributed by atoms with Gasteiger partial charge in [0.25, 0.3) is 0 Å². The van der Waals surface area contributed by atoms with E-state index in [4.69, 9.17) is 23.7 Å². The Morgan fingerprint density at radius 3 is 2.00 bits per heavy atom. The summed E-state index contributed by atoms with van der Waals surface area (Å²) in [5.41, 5.74) is 2.23. The molecule has 5 nitrogen and oxygen atoms in total. The van der Waals surface area contributed by atoms with Crippen LogP contribution in [-0.2, 0) is 36.9 Å². The number of hydrogen-bond donors (Lipinski definition) is 0. The van der Waals surface area contributed by atoms with Gasteiger partial charge in [0.2, 0.25) is 0 Å². The van der Waals surface area contributed by atoms with Gasteiger partial charge in [-0.05, 0) is 11.1 Å². The van der Waals surface area contributed by atoms with E-state index in [1.807, 2.05) is 48.5 Å². The lowest BCUT2D eigenvalue weighted by molar-refractivity contribution is -0.284. The molecule has 27 heavy (non-hydrogen) atoms. The van der Waals surface area contributed by atoms with E-state index in [0.29, 0.717) is 26.2 Å². The molecule has 1 aliphatic heterocycles. The van der Waals surface area contributed by atoms with Gasteiger partial charge < -0.3 is 23.7 Å². The van der Waals surface area contributed by atoms with Crippen molar-refractivity contribution in [2.24, 2.45) is 0 Å². The fraction of sp³-hybridized carbons (Fsp3) is 0.455. The quantitative estimate of drug-likeness (QED) is 0.673. The summed E-state index contributed by atoms with van der Waals surface area (Å²) in [4.78, 5) is 0. The molecule has 1 saturated heterocycles. The third-order valence-electron chi connectivity index (χ3n) is 4.63. The first-order chi connectivity index (χ1) is 13.3. The average molecular weight is 372 g/mol. The van der Waals surface area contributed by atoms with Crippen LogP contribution in [0.5, 0.6) is 0 Å². The highest BCUT2D eigenvalue weighted by atomic mass is 16.7. The molecule has 5 heteroatoms. The lowest BCUT2D eigenvalue weighted by Gasteiger charge is -2.40. The maximum absolute atomic E-state index is 6.24. The zero-order chi connectivity index (χ0) is 18.9. The molecule has 0 aromatic heterocycles. The van der Waals surface area contributed by atoms with Gasteiger partial charge in [-0.1, -0.05) is 60.7 Å². The van der Waals surface area contributed by atoms with Crippen molar-refractivity contribution in [1.29, 1.82) is 0 Å². The second-order valence-electron chi connectivity index (χ2n) is 6.65. The maximum Gasteiger partial charge on any atom is 0.186 e. The Morgan fingerprint density at radius 1 is 0.852 bits per heavy atom. The summed E-state index contributed by atoms with van der Waals surface area (Å²) in [7, 11) is 3.30. The number of hydrogen-bond acceptors (Lipinski definition) is 5. The highest BCUT2D eigenvalue weighted by Gasteiger charge is 2.40. The first kappa shape index (κ1) is 20.0. The van der Waals surface area contributed by atoms with E-state index in [1.165, 1.54) is 0 Å². The molecule has 2 aromatic carbocycles. The minimum absolute atomic E-state index is 0.0858. The smallest absolute Gasteiger partial charge is 0.186 e. The molecule has 0 amide bonds. The van der Waals surface area contributed by atoms with Gasteiger partial charge in [0.15, 0.2) is 6.29 Å². The first-order valence-electron chi connectivity index (χ1n) is 9.28. The van der Waals surface area contributed by atoms with E-state index in [-0.39, 0.29) is 18.3 Å². The highest BCUT2D eigenvalue weighted by molar-refractivity contribution is 5.14. The van der Waals surface area contributed by atoms with Crippen molar-refractivity contribution in [3.63, 3.8) is 0 Å². The molecule has 0 saturated carbocycles. The normalized spacial score (nSPS) is 25.4. The SMILES string of the molecule is COCC1CC(OCc2ccccc2)C(OCc2ccccc2)[C@@H](OC)O1. The van der Waals surface area contributed by atoms with Crippen LogP contribution in [0.3, 0.4) is 0 Å². The summed E-state index contributed by atoms with van der Waals surface area (Å²) in [6.45, 7) is 1.50. The molecule has 3 rings (SSSR count). The molecule has 0 aliphatic carbocycles. The fourth-order valence-corrected chi connectivity index (χ4v) is 3.27. The zero-order valence-electron chi connectivity index (χ0n) is 16.0. The maximum atomic E-state index is 6.24. The van der Waals surface area contributed by atoms with Gasteiger partial charge in [-0.15, -0.1) is 0 Å². The minimum atomic E-state index is -0.497. The summed E-state index contributed by atoms with van der Waals surface area (Å²) in [6, 6.07) is 20.2. The standard InChI is InChI=1S/C22H28O5/c1-23-16-19-13-20(25-14-17-9-5-3-6-10-17)21(22(24-2)27-19)26-15-18-11-7-4-8-12-18/h3-12,19-22H,13-16H2,1-2H3/t19?,20?,21?,22-/m0/s1. The van der Waals surface area contributed by atoms with Crippen LogP contribution < -0.4 is 0 Å².